The van der Waals surface area contributed by atoms with E-state index in [0.29, 0.717) is 16.3 Å². The first-order valence-electron chi connectivity index (χ1n) is 4.27. The molecule has 14 heavy (non-hydrogen) atoms. The average molecular weight is 187 g/mol. The van der Waals surface area contributed by atoms with Gasteiger partial charge in [-0.2, -0.15) is 0 Å². The first-order chi connectivity index (χ1) is 6.75. The Hall–Kier alpha value is -1.97. The van der Waals surface area contributed by atoms with Gasteiger partial charge in [0.15, 0.2) is 0 Å². The third-order valence-electron chi connectivity index (χ3n) is 1.85. The van der Waals surface area contributed by atoms with E-state index >= 15 is 0 Å². The van der Waals surface area contributed by atoms with Crippen molar-refractivity contribution in [2.75, 3.05) is 0 Å². The van der Waals surface area contributed by atoms with E-state index in [-0.39, 0.29) is 0 Å². The number of hydrogen-bond acceptors (Lipinski definition) is 3. The molecule has 2 rings (SSSR count). The van der Waals surface area contributed by atoms with Crippen LogP contribution in [-0.2, 0) is 0 Å². The lowest BCUT2D eigenvalue weighted by Gasteiger charge is -1.98. The van der Waals surface area contributed by atoms with Crippen molar-refractivity contribution in [3.8, 4) is 11.3 Å². The zero-order valence-corrected chi connectivity index (χ0v) is 7.71. The van der Waals surface area contributed by atoms with Crippen molar-refractivity contribution in [3.63, 3.8) is 0 Å². The van der Waals surface area contributed by atoms with Crippen molar-refractivity contribution < 1.29 is 4.96 Å². The molecule has 0 N–H and O–H groups in total. The highest BCUT2D eigenvalue weighted by Gasteiger charge is 2.05. The maximum absolute atomic E-state index is 11.0. The lowest BCUT2D eigenvalue weighted by molar-refractivity contribution is -0.728. The summed E-state index contributed by atoms with van der Waals surface area (Å²) in [6.07, 6.45) is 0. The largest absolute Gasteiger partial charge is 0.569 e. The van der Waals surface area contributed by atoms with E-state index in [1.54, 1.807) is 13.0 Å². The highest BCUT2D eigenvalue weighted by Crippen LogP contribution is 2.14. The lowest BCUT2D eigenvalue weighted by atomic mass is 10.1. The van der Waals surface area contributed by atoms with E-state index in [1.807, 2.05) is 30.3 Å². The molecule has 2 aromatic rings. The number of hydrogen-bond donors (Lipinski definition) is 0. The Morgan fingerprint density at radius 2 is 1.86 bits per heavy atom. The van der Waals surface area contributed by atoms with Crippen molar-refractivity contribution >= 4 is 0 Å². The molecule has 0 radical (unpaired) electrons. The molecule has 0 saturated heterocycles. The van der Waals surface area contributed by atoms with Gasteiger partial charge in [0.2, 0.25) is 0 Å². The highest BCUT2D eigenvalue weighted by molar-refractivity contribution is 5.57. The summed E-state index contributed by atoms with van der Waals surface area (Å²) in [5.74, 6) is 0. The summed E-state index contributed by atoms with van der Waals surface area (Å²) < 4.78 is 0. The monoisotopic (exact) mass is 187 g/mol. The van der Waals surface area contributed by atoms with E-state index in [0.717, 1.165) is 5.56 Å². The minimum Gasteiger partial charge on any atom is -0.569 e. The molecular formula is C10H9N3O. The van der Waals surface area contributed by atoms with E-state index in [1.165, 1.54) is 0 Å². The van der Waals surface area contributed by atoms with Crippen LogP contribution in [0.25, 0.3) is 11.3 Å². The molecule has 0 amide bonds. The number of nitrogens with zero attached hydrogens (tertiary/aromatic N) is 3. The Labute approximate surface area is 81.4 Å². The van der Waals surface area contributed by atoms with Gasteiger partial charge in [0.1, 0.15) is 11.4 Å². The van der Waals surface area contributed by atoms with Crippen LogP contribution < -0.4 is 4.96 Å². The molecule has 4 heteroatoms. The Morgan fingerprint density at radius 1 is 1.14 bits per heavy atom. The third kappa shape index (κ3) is 1.69. The van der Waals surface area contributed by atoms with Crippen LogP contribution in [0.2, 0.25) is 0 Å². The predicted molar refractivity (Wildman–Crippen MR) is 51.2 cm³/mol. The van der Waals surface area contributed by atoms with Gasteiger partial charge in [-0.05, 0) is 13.0 Å². The third-order valence-corrected chi connectivity index (χ3v) is 1.85. The molecule has 0 bridgehead atoms. The van der Waals surface area contributed by atoms with Gasteiger partial charge in [-0.3, -0.25) is 0 Å². The molecule has 70 valence electrons. The average Bonchev–Trinajstić information content (AvgIpc) is 2.18. The van der Waals surface area contributed by atoms with Crippen LogP contribution in [0, 0.1) is 12.1 Å². The minimum absolute atomic E-state index is 0.345. The van der Waals surface area contributed by atoms with Gasteiger partial charge >= 0.3 is 0 Å². The van der Waals surface area contributed by atoms with E-state index < -0.39 is 0 Å². The fourth-order valence-corrected chi connectivity index (χ4v) is 1.26. The van der Waals surface area contributed by atoms with Crippen LogP contribution in [0.5, 0.6) is 0 Å². The van der Waals surface area contributed by atoms with Gasteiger partial charge in [-0.15, -0.1) is 0 Å². The number of benzene rings is 1. The molecule has 1 aromatic carbocycles. The molecule has 0 aliphatic carbocycles. The van der Waals surface area contributed by atoms with Crippen LogP contribution in [0.4, 0.5) is 0 Å². The maximum atomic E-state index is 11.0. The maximum Gasteiger partial charge on any atom is 0.144 e. The van der Waals surface area contributed by atoms with Gasteiger partial charge in [0.05, 0.1) is 4.96 Å². The van der Waals surface area contributed by atoms with Gasteiger partial charge in [0, 0.05) is 15.8 Å². The standard InChI is InChI=1S/C10H9N3O/c1-8-7-10(12-13(14)11-8)9-5-3-2-4-6-9/h2-7H,1H3. The van der Waals surface area contributed by atoms with Crippen molar-refractivity contribution in [1.82, 2.24) is 10.2 Å². The Bertz CT molecular complexity index is 422. The van der Waals surface area contributed by atoms with Crippen LogP contribution in [0.1, 0.15) is 5.69 Å². The summed E-state index contributed by atoms with van der Waals surface area (Å²) in [5, 5.41) is 18.3. The quantitative estimate of drug-likeness (QED) is 0.496. The molecule has 0 aliphatic rings. The summed E-state index contributed by atoms with van der Waals surface area (Å²) in [7, 11) is 0. The molecule has 0 fully saturated rings. The molecule has 0 aliphatic heterocycles. The predicted octanol–water partition coefficient (Wildman–Crippen LogP) is 1.09. The first kappa shape index (κ1) is 8.62. The molecule has 4 nitrogen and oxygen atoms in total. The highest BCUT2D eigenvalue weighted by atomic mass is 16.5. The van der Waals surface area contributed by atoms with Gasteiger partial charge in [-0.1, -0.05) is 30.3 Å². The summed E-state index contributed by atoms with van der Waals surface area (Å²) in [5.41, 5.74) is 2.23. The molecule has 0 spiro atoms. The first-order valence-corrected chi connectivity index (χ1v) is 4.27. The van der Waals surface area contributed by atoms with Gasteiger partial charge in [-0.25, -0.2) is 0 Å². The fourth-order valence-electron chi connectivity index (χ4n) is 1.26. The second-order valence-corrected chi connectivity index (χ2v) is 2.99. The summed E-state index contributed by atoms with van der Waals surface area (Å²) in [4.78, 5) is 0.345. The second kappa shape index (κ2) is 3.41. The van der Waals surface area contributed by atoms with Gasteiger partial charge < -0.3 is 5.21 Å². The van der Waals surface area contributed by atoms with Crippen LogP contribution in [0.3, 0.4) is 0 Å². The Balaban J connectivity index is 2.52. The Morgan fingerprint density at radius 3 is 2.50 bits per heavy atom. The fraction of sp³-hybridized carbons (Fsp3) is 0.100. The van der Waals surface area contributed by atoms with Crippen molar-refractivity contribution in [2.45, 2.75) is 6.92 Å². The molecule has 1 aromatic heterocycles. The minimum atomic E-state index is 0.345. The smallest absolute Gasteiger partial charge is 0.144 e. The normalized spacial score (nSPS) is 10.1. The summed E-state index contributed by atoms with van der Waals surface area (Å²) in [6.45, 7) is 1.77. The molecule has 0 saturated carbocycles. The number of aromatic nitrogens is 3. The molecule has 1 heterocycles. The Kier molecular flexibility index (Phi) is 2.10. The van der Waals surface area contributed by atoms with Crippen LogP contribution in [-0.4, -0.2) is 10.2 Å². The van der Waals surface area contributed by atoms with E-state index in [2.05, 4.69) is 10.2 Å². The van der Waals surface area contributed by atoms with Crippen LogP contribution in [0.15, 0.2) is 36.4 Å². The zero-order chi connectivity index (χ0) is 9.97. The van der Waals surface area contributed by atoms with Gasteiger partial charge in [0.25, 0.3) is 0 Å². The second-order valence-electron chi connectivity index (χ2n) is 2.99. The zero-order valence-electron chi connectivity index (χ0n) is 7.71. The van der Waals surface area contributed by atoms with Crippen LogP contribution >= 0.6 is 0 Å². The SMILES string of the molecule is Cc1cc(-c2ccccc2)n[n+]([O-])n1. The lowest BCUT2D eigenvalue weighted by Crippen LogP contribution is -2.36. The molecular weight excluding hydrogens is 178 g/mol. The topological polar surface area (TPSA) is 52.7 Å². The number of rotatable bonds is 1. The van der Waals surface area contributed by atoms with E-state index in [9.17, 15) is 5.21 Å². The summed E-state index contributed by atoms with van der Waals surface area (Å²) in [6, 6.07) is 11.3. The molecule has 0 atom stereocenters. The summed E-state index contributed by atoms with van der Waals surface area (Å²) >= 11 is 0. The van der Waals surface area contributed by atoms with Crippen molar-refractivity contribution in [2.24, 2.45) is 0 Å². The van der Waals surface area contributed by atoms with Crippen molar-refractivity contribution in [1.29, 1.82) is 0 Å². The van der Waals surface area contributed by atoms with Crippen molar-refractivity contribution in [3.05, 3.63) is 47.3 Å². The molecule has 0 unspecified atom stereocenters. The number of aryl methyl sites for hydroxylation is 1. The van der Waals surface area contributed by atoms with E-state index in [4.69, 9.17) is 0 Å².